The molecule has 5 aromatic rings. The molecule has 0 radical (unpaired) electrons. The van der Waals surface area contributed by atoms with E-state index >= 15 is 0 Å². The number of carbonyl (C=O) groups excluding carboxylic acids is 1. The first kappa shape index (κ1) is 20.1. The molecule has 3 aromatic heterocycles. The minimum absolute atomic E-state index is 0.216. The molecular formula is C24H20N8O. The van der Waals surface area contributed by atoms with Gasteiger partial charge in [0.1, 0.15) is 0 Å². The fraction of sp³-hybridized carbons (Fsp3) is 0.0417. The molecule has 0 atom stereocenters. The first-order chi connectivity index (χ1) is 16.2. The molecule has 5 rings (SSSR count). The van der Waals surface area contributed by atoms with E-state index in [1.54, 1.807) is 49.1 Å². The summed E-state index contributed by atoms with van der Waals surface area (Å²) >= 11 is 0. The summed E-state index contributed by atoms with van der Waals surface area (Å²) in [5.41, 5.74) is 10.9. The molecule has 2 aromatic carbocycles. The largest absolute Gasteiger partial charge is 0.397 e. The number of nitrogens with zero attached hydrogens (tertiary/aromatic N) is 5. The maximum Gasteiger partial charge on any atom is 0.255 e. The highest BCUT2D eigenvalue weighted by atomic mass is 16.1. The lowest BCUT2D eigenvalue weighted by atomic mass is 10.1. The van der Waals surface area contributed by atoms with Crippen molar-refractivity contribution in [3.8, 4) is 11.4 Å². The van der Waals surface area contributed by atoms with Crippen molar-refractivity contribution >= 4 is 28.9 Å². The van der Waals surface area contributed by atoms with Gasteiger partial charge >= 0.3 is 0 Å². The highest BCUT2D eigenvalue weighted by molar-refractivity contribution is 6.05. The zero-order valence-electron chi connectivity index (χ0n) is 17.5. The van der Waals surface area contributed by atoms with Crippen molar-refractivity contribution in [2.24, 2.45) is 0 Å². The van der Waals surface area contributed by atoms with Crippen LogP contribution in [0.2, 0.25) is 0 Å². The van der Waals surface area contributed by atoms with Crippen LogP contribution in [0.3, 0.4) is 0 Å². The first-order valence-corrected chi connectivity index (χ1v) is 10.3. The second-order valence-corrected chi connectivity index (χ2v) is 7.31. The maximum atomic E-state index is 12.5. The number of amides is 1. The van der Waals surface area contributed by atoms with Gasteiger partial charge in [-0.25, -0.2) is 15.0 Å². The Morgan fingerprint density at radius 2 is 1.82 bits per heavy atom. The number of anilines is 3. The summed E-state index contributed by atoms with van der Waals surface area (Å²) in [6.07, 6.45) is 8.71. The Morgan fingerprint density at radius 1 is 0.970 bits per heavy atom. The lowest BCUT2D eigenvalue weighted by Gasteiger charge is -2.09. The van der Waals surface area contributed by atoms with E-state index in [2.05, 4.69) is 30.6 Å². The van der Waals surface area contributed by atoms with Crippen molar-refractivity contribution in [3.63, 3.8) is 0 Å². The van der Waals surface area contributed by atoms with Gasteiger partial charge in [0, 0.05) is 30.7 Å². The minimum Gasteiger partial charge on any atom is -0.397 e. The van der Waals surface area contributed by atoms with Gasteiger partial charge < -0.3 is 16.4 Å². The number of benzene rings is 2. The van der Waals surface area contributed by atoms with Gasteiger partial charge in [0.2, 0.25) is 5.95 Å². The summed E-state index contributed by atoms with van der Waals surface area (Å²) in [4.78, 5) is 29.8. The third kappa shape index (κ3) is 4.33. The number of rotatable bonds is 6. The SMILES string of the molecule is Nc1ccccc1NC(=O)c1ccc(CNc2nccc(-c3cnc4cnccn34)n2)cc1. The monoisotopic (exact) mass is 436 g/mol. The third-order valence-corrected chi connectivity index (χ3v) is 5.11. The Balaban J connectivity index is 1.25. The Hall–Kier alpha value is -4.79. The second-order valence-electron chi connectivity index (χ2n) is 7.31. The van der Waals surface area contributed by atoms with Gasteiger partial charge in [-0.15, -0.1) is 0 Å². The van der Waals surface area contributed by atoms with Gasteiger partial charge in [-0.05, 0) is 35.9 Å². The van der Waals surface area contributed by atoms with E-state index in [1.807, 2.05) is 40.9 Å². The van der Waals surface area contributed by atoms with Crippen LogP contribution in [0.5, 0.6) is 0 Å². The molecule has 9 nitrogen and oxygen atoms in total. The number of fused-ring (bicyclic) bond motifs is 1. The average molecular weight is 436 g/mol. The molecule has 0 aliphatic heterocycles. The molecule has 1 amide bonds. The molecule has 4 N–H and O–H groups in total. The Bertz CT molecular complexity index is 1430. The number of para-hydroxylation sites is 2. The molecular weight excluding hydrogens is 416 g/mol. The molecule has 0 bridgehead atoms. The normalized spacial score (nSPS) is 10.8. The minimum atomic E-state index is -0.216. The number of nitrogens with two attached hydrogens (primary N) is 1. The van der Waals surface area contributed by atoms with E-state index in [0.717, 1.165) is 22.6 Å². The highest BCUT2D eigenvalue weighted by Gasteiger charge is 2.10. The number of hydrogen-bond acceptors (Lipinski definition) is 7. The third-order valence-electron chi connectivity index (χ3n) is 5.11. The van der Waals surface area contributed by atoms with Crippen molar-refractivity contribution < 1.29 is 4.79 Å². The van der Waals surface area contributed by atoms with E-state index in [1.165, 1.54) is 0 Å². The smallest absolute Gasteiger partial charge is 0.255 e. The van der Waals surface area contributed by atoms with Gasteiger partial charge in [0.25, 0.3) is 5.91 Å². The Kier molecular flexibility index (Phi) is 5.34. The number of aromatic nitrogens is 5. The van der Waals surface area contributed by atoms with E-state index < -0.39 is 0 Å². The van der Waals surface area contributed by atoms with Crippen LogP contribution in [0, 0.1) is 0 Å². The number of carbonyl (C=O) groups is 1. The van der Waals surface area contributed by atoms with Crippen molar-refractivity contribution in [2.75, 3.05) is 16.4 Å². The number of imidazole rings is 1. The summed E-state index contributed by atoms with van der Waals surface area (Å²) in [6, 6.07) is 16.3. The number of hydrogen-bond donors (Lipinski definition) is 3. The van der Waals surface area contributed by atoms with Gasteiger partial charge in [0.05, 0.1) is 35.2 Å². The standard InChI is InChI=1S/C24H20N8O/c25-18-3-1-2-4-19(18)30-23(33)17-7-5-16(6-8-17)13-29-24-27-10-9-20(31-24)21-14-28-22-15-26-11-12-32(21)22/h1-12,14-15H,13,25H2,(H,30,33)(H,27,29,31). The fourth-order valence-corrected chi connectivity index (χ4v) is 3.38. The van der Waals surface area contributed by atoms with Crippen molar-refractivity contribution in [2.45, 2.75) is 6.54 Å². The summed E-state index contributed by atoms with van der Waals surface area (Å²) in [5.74, 6) is 0.282. The summed E-state index contributed by atoms with van der Waals surface area (Å²) in [6.45, 7) is 0.508. The average Bonchev–Trinajstić information content (AvgIpc) is 3.29. The van der Waals surface area contributed by atoms with E-state index in [4.69, 9.17) is 5.73 Å². The zero-order valence-corrected chi connectivity index (χ0v) is 17.5. The maximum absolute atomic E-state index is 12.5. The predicted molar refractivity (Wildman–Crippen MR) is 127 cm³/mol. The second kappa shape index (κ2) is 8.75. The molecule has 0 aliphatic carbocycles. The molecule has 0 fully saturated rings. The van der Waals surface area contributed by atoms with Gasteiger partial charge in [-0.1, -0.05) is 24.3 Å². The summed E-state index contributed by atoms with van der Waals surface area (Å²) < 4.78 is 1.92. The number of nitrogens with one attached hydrogen (secondary N) is 2. The van der Waals surface area contributed by atoms with Crippen LogP contribution in [0.15, 0.2) is 85.6 Å². The van der Waals surface area contributed by atoms with Crippen molar-refractivity contribution in [1.82, 2.24) is 24.3 Å². The van der Waals surface area contributed by atoms with Gasteiger partial charge in [-0.2, -0.15) is 0 Å². The van der Waals surface area contributed by atoms with Gasteiger partial charge in [0.15, 0.2) is 5.65 Å². The predicted octanol–water partition coefficient (Wildman–Crippen LogP) is 3.63. The highest BCUT2D eigenvalue weighted by Crippen LogP contribution is 2.20. The molecule has 0 saturated heterocycles. The van der Waals surface area contributed by atoms with E-state index in [-0.39, 0.29) is 5.91 Å². The van der Waals surface area contributed by atoms with Crippen LogP contribution in [-0.2, 0) is 6.54 Å². The van der Waals surface area contributed by atoms with E-state index in [9.17, 15) is 4.79 Å². The zero-order chi connectivity index (χ0) is 22.6. The lowest BCUT2D eigenvalue weighted by Crippen LogP contribution is -2.13. The van der Waals surface area contributed by atoms with Crippen LogP contribution in [0.25, 0.3) is 17.0 Å². The quantitative estimate of drug-likeness (QED) is 0.347. The van der Waals surface area contributed by atoms with Crippen molar-refractivity contribution in [1.29, 1.82) is 0 Å². The molecule has 33 heavy (non-hydrogen) atoms. The summed E-state index contributed by atoms with van der Waals surface area (Å²) in [5, 5.41) is 6.05. The summed E-state index contributed by atoms with van der Waals surface area (Å²) in [7, 11) is 0. The molecule has 0 unspecified atom stereocenters. The number of nitrogen functional groups attached to an aromatic ring is 1. The van der Waals surface area contributed by atoms with Gasteiger partial charge in [-0.3, -0.25) is 14.2 Å². The molecule has 0 spiro atoms. The van der Waals surface area contributed by atoms with Crippen LogP contribution < -0.4 is 16.4 Å². The Morgan fingerprint density at radius 3 is 2.67 bits per heavy atom. The molecule has 0 saturated carbocycles. The Labute approximate surface area is 189 Å². The molecule has 162 valence electrons. The van der Waals surface area contributed by atoms with E-state index in [0.29, 0.717) is 29.4 Å². The topological polar surface area (TPSA) is 123 Å². The molecule has 3 heterocycles. The van der Waals surface area contributed by atoms with Crippen LogP contribution in [-0.4, -0.2) is 30.2 Å². The van der Waals surface area contributed by atoms with Crippen molar-refractivity contribution in [3.05, 3.63) is 96.7 Å². The first-order valence-electron chi connectivity index (χ1n) is 10.3. The van der Waals surface area contributed by atoms with Crippen LogP contribution in [0.1, 0.15) is 15.9 Å². The van der Waals surface area contributed by atoms with Crippen LogP contribution >= 0.6 is 0 Å². The lowest BCUT2D eigenvalue weighted by molar-refractivity contribution is 0.102. The molecule has 9 heteroatoms. The fourth-order valence-electron chi connectivity index (χ4n) is 3.38. The van der Waals surface area contributed by atoms with Crippen LogP contribution in [0.4, 0.5) is 17.3 Å². The molecule has 0 aliphatic rings.